The Bertz CT molecular complexity index is 662. The van der Waals surface area contributed by atoms with E-state index in [1.165, 1.54) is 173 Å². The lowest BCUT2D eigenvalue weighted by Gasteiger charge is -2.43. The third kappa shape index (κ3) is 26.9. The van der Waals surface area contributed by atoms with E-state index in [0.29, 0.717) is 11.8 Å². The van der Waals surface area contributed by atoms with Crippen molar-refractivity contribution in [3.8, 4) is 0 Å². The Morgan fingerprint density at radius 3 is 1.31 bits per heavy atom. The van der Waals surface area contributed by atoms with Crippen molar-refractivity contribution >= 4 is 7.85 Å². The zero-order valence-electron chi connectivity index (χ0n) is 34.7. The first-order valence-corrected chi connectivity index (χ1v) is 22.1. The highest BCUT2D eigenvalue weighted by atomic mass is 16.5. The molecule has 49 heavy (non-hydrogen) atoms. The second-order valence-corrected chi connectivity index (χ2v) is 16.4. The van der Waals surface area contributed by atoms with Crippen molar-refractivity contribution in [2.24, 2.45) is 29.6 Å². The van der Waals surface area contributed by atoms with Crippen LogP contribution in [0.25, 0.3) is 0 Å². The number of nitrogens with one attached hydrogen (secondary N) is 1. The molecule has 3 rings (SSSR count). The summed E-state index contributed by atoms with van der Waals surface area (Å²) in [6.45, 7) is 18.5. The van der Waals surface area contributed by atoms with Gasteiger partial charge in [-0.1, -0.05) is 215 Å². The zero-order valence-corrected chi connectivity index (χ0v) is 34.7. The van der Waals surface area contributed by atoms with Gasteiger partial charge in [0.2, 0.25) is 0 Å². The SMILES string of the molecule is C=CNCCCCCCCCCCCCCCCCCCCCCC.CC(C)C.CCC.[B]C1OC(COC)C(C2CCC2)C1C1CCC1. The third-order valence-corrected chi connectivity index (χ3v) is 10.6. The maximum Gasteiger partial charge on any atom is 0.109 e. The molecule has 2 saturated carbocycles. The van der Waals surface area contributed by atoms with Gasteiger partial charge in [0.1, 0.15) is 7.85 Å². The van der Waals surface area contributed by atoms with Crippen molar-refractivity contribution in [2.45, 2.75) is 227 Å². The molecule has 3 aliphatic rings. The van der Waals surface area contributed by atoms with Crippen molar-refractivity contribution in [1.29, 1.82) is 0 Å². The maximum atomic E-state index is 6.24. The highest BCUT2D eigenvalue weighted by Crippen LogP contribution is 2.51. The molecule has 1 heterocycles. The maximum absolute atomic E-state index is 6.24. The van der Waals surface area contributed by atoms with Gasteiger partial charge in [0.25, 0.3) is 0 Å². The highest BCUT2D eigenvalue weighted by molar-refractivity contribution is 6.11. The van der Waals surface area contributed by atoms with Gasteiger partial charge in [-0.2, -0.15) is 0 Å². The summed E-state index contributed by atoms with van der Waals surface area (Å²) in [4.78, 5) is 0. The van der Waals surface area contributed by atoms with Crippen LogP contribution in [0.1, 0.15) is 215 Å². The molecule has 1 saturated heterocycles. The molecule has 0 spiro atoms. The van der Waals surface area contributed by atoms with E-state index in [1.807, 2.05) is 0 Å². The number of rotatable bonds is 26. The quantitative estimate of drug-likeness (QED) is 0.0725. The molecule has 4 atom stereocenters. The normalized spacial score (nSPS) is 21.7. The number of ether oxygens (including phenoxy) is 2. The summed E-state index contributed by atoms with van der Waals surface area (Å²) >= 11 is 0. The first-order valence-electron chi connectivity index (χ1n) is 22.1. The van der Waals surface area contributed by atoms with Gasteiger partial charge in [-0.15, -0.1) is 0 Å². The summed E-state index contributed by atoms with van der Waals surface area (Å²) in [6, 6.07) is -0.0361. The smallest absolute Gasteiger partial charge is 0.109 e. The summed E-state index contributed by atoms with van der Waals surface area (Å²) in [5.74, 6) is 3.80. The van der Waals surface area contributed by atoms with Gasteiger partial charge in [0.05, 0.1) is 12.7 Å². The summed E-state index contributed by atoms with van der Waals surface area (Å²) in [7, 11) is 8.01. The van der Waals surface area contributed by atoms with E-state index in [-0.39, 0.29) is 12.1 Å². The summed E-state index contributed by atoms with van der Waals surface area (Å²) in [6.07, 6.45) is 40.5. The van der Waals surface area contributed by atoms with E-state index in [4.69, 9.17) is 17.3 Å². The topological polar surface area (TPSA) is 30.5 Å². The van der Waals surface area contributed by atoms with Crippen molar-refractivity contribution < 1.29 is 9.47 Å². The standard InChI is InChI=1S/C24H49N.C14H23BO2.C4H10.C3H8/c1-3-5-6-7-8-9-10-11-12-13-14-15-16-17-18-19-20-21-22-23-24-25-4-2;1-16-8-11-12(9-4-2-5-9)13(14(15)17-11)10-6-3-7-10;1-4(2)3;1-3-2/h4,25H,2-3,5-24H2,1H3;9-14H,2-8H2,1H3;4H,1-3H3;3H2,1-2H3. The number of methoxy groups -OCH3 is 1. The molecule has 0 aromatic rings. The van der Waals surface area contributed by atoms with Crippen LogP contribution in [0.15, 0.2) is 12.8 Å². The average Bonchev–Trinajstić information content (AvgIpc) is 3.31. The fraction of sp³-hybridized carbons (Fsp3) is 0.956. The van der Waals surface area contributed by atoms with Crippen LogP contribution < -0.4 is 5.32 Å². The number of unbranched alkanes of at least 4 members (excludes halogenated alkanes) is 19. The molecule has 0 amide bonds. The van der Waals surface area contributed by atoms with Crippen LogP contribution >= 0.6 is 0 Å². The second kappa shape index (κ2) is 35.9. The lowest BCUT2D eigenvalue weighted by Crippen LogP contribution is -2.40. The van der Waals surface area contributed by atoms with Gasteiger partial charge >= 0.3 is 0 Å². The number of hydrogen-bond acceptors (Lipinski definition) is 3. The van der Waals surface area contributed by atoms with Crippen LogP contribution in [0, 0.1) is 29.6 Å². The molecule has 1 aliphatic heterocycles. The Hall–Kier alpha value is -0.475. The van der Waals surface area contributed by atoms with Crippen molar-refractivity contribution in [1.82, 2.24) is 5.32 Å². The van der Waals surface area contributed by atoms with E-state index in [9.17, 15) is 0 Å². The van der Waals surface area contributed by atoms with E-state index >= 15 is 0 Å². The molecule has 0 aromatic carbocycles. The van der Waals surface area contributed by atoms with E-state index in [0.717, 1.165) is 30.9 Å². The summed E-state index contributed by atoms with van der Waals surface area (Å²) in [5, 5.41) is 3.17. The van der Waals surface area contributed by atoms with Crippen LogP contribution in [-0.2, 0) is 9.47 Å². The first kappa shape index (κ1) is 48.5. The van der Waals surface area contributed by atoms with Crippen molar-refractivity contribution in [2.75, 3.05) is 20.3 Å². The minimum absolute atomic E-state index is 0.0361. The Labute approximate surface area is 311 Å². The summed E-state index contributed by atoms with van der Waals surface area (Å²) < 4.78 is 11.3. The molecule has 4 heteroatoms. The van der Waals surface area contributed by atoms with E-state index in [2.05, 4.69) is 53.4 Å². The van der Waals surface area contributed by atoms with Gasteiger partial charge in [-0.05, 0) is 42.2 Å². The molecule has 1 N–H and O–H groups in total. The van der Waals surface area contributed by atoms with E-state index < -0.39 is 0 Å². The fourth-order valence-corrected chi connectivity index (χ4v) is 7.60. The molecule has 4 unspecified atom stereocenters. The lowest BCUT2D eigenvalue weighted by atomic mass is 9.59. The molecule has 0 aromatic heterocycles. The predicted octanol–water partition coefficient (Wildman–Crippen LogP) is 14.0. The van der Waals surface area contributed by atoms with E-state index in [1.54, 1.807) is 13.3 Å². The molecular formula is C45H90BNO2. The summed E-state index contributed by atoms with van der Waals surface area (Å²) in [5.41, 5.74) is 0. The molecule has 2 radical (unpaired) electrons. The Morgan fingerprint density at radius 2 is 1.00 bits per heavy atom. The second-order valence-electron chi connectivity index (χ2n) is 16.4. The predicted molar refractivity (Wildman–Crippen MR) is 221 cm³/mol. The largest absolute Gasteiger partial charge is 0.391 e. The fourth-order valence-electron chi connectivity index (χ4n) is 7.60. The molecule has 0 bridgehead atoms. The minimum atomic E-state index is -0.0361. The van der Waals surface area contributed by atoms with Gasteiger partial charge in [0, 0.05) is 19.7 Å². The third-order valence-electron chi connectivity index (χ3n) is 10.6. The monoisotopic (exact) mass is 688 g/mol. The Morgan fingerprint density at radius 1 is 0.653 bits per heavy atom. The van der Waals surface area contributed by atoms with Crippen molar-refractivity contribution in [3.63, 3.8) is 0 Å². The van der Waals surface area contributed by atoms with Crippen molar-refractivity contribution in [3.05, 3.63) is 12.8 Å². The van der Waals surface area contributed by atoms with Crippen LogP contribution in [0.4, 0.5) is 0 Å². The molecule has 3 nitrogen and oxygen atoms in total. The lowest BCUT2D eigenvalue weighted by molar-refractivity contribution is -0.00889. The molecule has 2 aliphatic carbocycles. The first-order chi connectivity index (χ1) is 23.9. The minimum Gasteiger partial charge on any atom is -0.391 e. The van der Waals surface area contributed by atoms with Gasteiger partial charge in [-0.3, -0.25) is 0 Å². The van der Waals surface area contributed by atoms with Crippen LogP contribution in [0.5, 0.6) is 0 Å². The van der Waals surface area contributed by atoms with Gasteiger partial charge < -0.3 is 14.8 Å². The Kier molecular flexibility index (Phi) is 35.6. The highest BCUT2D eigenvalue weighted by Gasteiger charge is 2.50. The van der Waals surface area contributed by atoms with Gasteiger partial charge in [-0.25, -0.2) is 0 Å². The molecular weight excluding hydrogens is 597 g/mol. The van der Waals surface area contributed by atoms with Gasteiger partial charge in [0.15, 0.2) is 0 Å². The molecule has 3 fully saturated rings. The Balaban J connectivity index is 0.000000818. The van der Waals surface area contributed by atoms with Crippen LogP contribution in [0.3, 0.4) is 0 Å². The molecule has 290 valence electrons. The van der Waals surface area contributed by atoms with Crippen LogP contribution in [-0.4, -0.2) is 40.2 Å². The number of hydrogen-bond donors (Lipinski definition) is 1. The average molecular weight is 688 g/mol. The zero-order chi connectivity index (χ0) is 36.4. The van der Waals surface area contributed by atoms with Crippen LogP contribution in [0.2, 0.25) is 0 Å².